The second kappa shape index (κ2) is 5.82. The van der Waals surface area contributed by atoms with E-state index < -0.39 is 0 Å². The molecule has 1 heterocycles. The zero-order valence-corrected chi connectivity index (χ0v) is 12.3. The zero-order chi connectivity index (χ0) is 14.0. The molecule has 0 saturated heterocycles. The van der Waals surface area contributed by atoms with Gasteiger partial charge in [0.1, 0.15) is 12.0 Å². The second-order valence-electron chi connectivity index (χ2n) is 3.96. The molecule has 0 amide bonds. The van der Waals surface area contributed by atoms with E-state index >= 15 is 0 Å². The number of halogens is 3. The van der Waals surface area contributed by atoms with Gasteiger partial charge in [-0.1, -0.05) is 40.9 Å². The van der Waals surface area contributed by atoms with Crippen LogP contribution in [0, 0.1) is 0 Å². The van der Waals surface area contributed by atoms with E-state index in [9.17, 15) is 0 Å². The largest absolute Gasteiger partial charge is 0.393 e. The number of nitrogens with two attached hydrogens (primary N) is 1. The predicted octanol–water partition coefficient (Wildman–Crippen LogP) is 4.19. The van der Waals surface area contributed by atoms with E-state index in [0.29, 0.717) is 21.6 Å². The Balaban J connectivity index is 2.25. The lowest BCUT2D eigenvalue weighted by Gasteiger charge is -2.17. The maximum absolute atomic E-state index is 6.15. The third-order valence-corrected chi connectivity index (χ3v) is 3.48. The van der Waals surface area contributed by atoms with Gasteiger partial charge in [0.25, 0.3) is 0 Å². The quantitative estimate of drug-likeness (QED) is 0.833. The Morgan fingerprint density at radius 1 is 1.21 bits per heavy atom. The van der Waals surface area contributed by atoms with Crippen molar-refractivity contribution in [3.63, 3.8) is 0 Å². The van der Waals surface area contributed by atoms with Gasteiger partial charge >= 0.3 is 0 Å². The van der Waals surface area contributed by atoms with Crippen molar-refractivity contribution >= 4 is 46.3 Å². The number of rotatable bonds is 3. The molecular formula is C12H11Cl3N4. The van der Waals surface area contributed by atoms with Gasteiger partial charge < -0.3 is 11.1 Å². The summed E-state index contributed by atoms with van der Waals surface area (Å²) >= 11 is 17.8. The molecule has 0 bridgehead atoms. The fourth-order valence-electron chi connectivity index (χ4n) is 1.62. The monoisotopic (exact) mass is 316 g/mol. The first kappa shape index (κ1) is 14.2. The van der Waals surface area contributed by atoms with Gasteiger partial charge in [-0.05, 0) is 24.6 Å². The number of nitrogen functional groups attached to an aromatic ring is 1. The molecule has 0 aliphatic rings. The van der Waals surface area contributed by atoms with Crippen LogP contribution in [0.2, 0.25) is 15.2 Å². The van der Waals surface area contributed by atoms with Crippen LogP contribution < -0.4 is 11.1 Å². The molecule has 1 atom stereocenters. The van der Waals surface area contributed by atoms with Crippen LogP contribution in [-0.4, -0.2) is 9.97 Å². The third kappa shape index (κ3) is 3.21. The highest BCUT2D eigenvalue weighted by molar-refractivity contribution is 6.35. The number of benzene rings is 1. The molecule has 19 heavy (non-hydrogen) atoms. The topological polar surface area (TPSA) is 63.8 Å². The fraction of sp³-hybridized carbons (Fsp3) is 0.167. The molecule has 0 aliphatic carbocycles. The molecule has 1 aromatic heterocycles. The molecule has 3 N–H and O–H groups in total. The average molecular weight is 318 g/mol. The summed E-state index contributed by atoms with van der Waals surface area (Å²) in [5.74, 6) is 0.471. The summed E-state index contributed by atoms with van der Waals surface area (Å²) in [7, 11) is 0. The van der Waals surface area contributed by atoms with Crippen molar-refractivity contribution in [1.29, 1.82) is 0 Å². The summed E-state index contributed by atoms with van der Waals surface area (Å²) in [6, 6.07) is 5.21. The normalized spacial score (nSPS) is 12.2. The Hall–Kier alpha value is -1.23. The minimum atomic E-state index is -0.0990. The highest BCUT2D eigenvalue weighted by atomic mass is 35.5. The number of nitrogens with zero attached hydrogens (tertiary/aromatic N) is 2. The molecule has 4 nitrogen and oxygen atoms in total. The zero-order valence-electron chi connectivity index (χ0n) is 9.99. The first-order valence-corrected chi connectivity index (χ1v) is 6.60. The summed E-state index contributed by atoms with van der Waals surface area (Å²) in [4.78, 5) is 7.85. The number of hydrogen-bond acceptors (Lipinski definition) is 4. The van der Waals surface area contributed by atoms with Crippen LogP contribution in [-0.2, 0) is 0 Å². The maximum Gasteiger partial charge on any atom is 0.157 e. The molecule has 0 spiro atoms. The van der Waals surface area contributed by atoms with E-state index in [2.05, 4.69) is 15.3 Å². The molecule has 1 unspecified atom stereocenters. The highest BCUT2D eigenvalue weighted by Gasteiger charge is 2.13. The van der Waals surface area contributed by atoms with Crippen LogP contribution in [0.1, 0.15) is 18.5 Å². The predicted molar refractivity (Wildman–Crippen MR) is 80.0 cm³/mol. The summed E-state index contributed by atoms with van der Waals surface area (Å²) in [5, 5.41) is 4.52. The van der Waals surface area contributed by atoms with Crippen LogP contribution in [0.25, 0.3) is 0 Å². The molecule has 0 saturated carbocycles. The molecular weight excluding hydrogens is 307 g/mol. The molecule has 2 rings (SSSR count). The molecule has 7 heteroatoms. The van der Waals surface area contributed by atoms with Gasteiger partial charge in [0, 0.05) is 10.0 Å². The summed E-state index contributed by atoms with van der Waals surface area (Å²) < 4.78 is 0. The summed E-state index contributed by atoms with van der Waals surface area (Å²) in [6.45, 7) is 1.94. The third-order valence-electron chi connectivity index (χ3n) is 2.62. The number of nitrogens with one attached hydrogen (secondary N) is 1. The van der Waals surface area contributed by atoms with Crippen molar-refractivity contribution in [2.75, 3.05) is 11.1 Å². The molecule has 0 aliphatic heterocycles. The van der Waals surface area contributed by atoms with Gasteiger partial charge in [0.15, 0.2) is 11.0 Å². The lowest BCUT2D eigenvalue weighted by molar-refractivity contribution is 0.873. The van der Waals surface area contributed by atoms with Crippen LogP contribution in [0.3, 0.4) is 0 Å². The molecule has 0 radical (unpaired) electrons. The van der Waals surface area contributed by atoms with E-state index in [-0.39, 0.29) is 11.2 Å². The average Bonchev–Trinajstić information content (AvgIpc) is 2.34. The lowest BCUT2D eigenvalue weighted by Crippen LogP contribution is -2.11. The summed E-state index contributed by atoms with van der Waals surface area (Å²) in [6.07, 6.45) is 1.34. The Morgan fingerprint density at radius 2 is 1.95 bits per heavy atom. The van der Waals surface area contributed by atoms with Crippen molar-refractivity contribution in [2.45, 2.75) is 13.0 Å². The number of aromatic nitrogens is 2. The molecule has 2 aromatic rings. The van der Waals surface area contributed by atoms with Crippen molar-refractivity contribution < 1.29 is 0 Å². The van der Waals surface area contributed by atoms with Crippen LogP contribution >= 0.6 is 34.8 Å². The lowest BCUT2D eigenvalue weighted by atomic mass is 10.1. The minimum absolute atomic E-state index is 0.0990. The van der Waals surface area contributed by atoms with Gasteiger partial charge in [0.05, 0.1) is 6.04 Å². The SMILES string of the molecule is CC(Nc1ncnc(Cl)c1N)c1ccc(Cl)cc1Cl. The Kier molecular flexibility index (Phi) is 4.34. The molecule has 0 fully saturated rings. The summed E-state index contributed by atoms with van der Waals surface area (Å²) in [5.41, 5.74) is 6.99. The van der Waals surface area contributed by atoms with Crippen LogP contribution in [0.15, 0.2) is 24.5 Å². The van der Waals surface area contributed by atoms with E-state index in [4.69, 9.17) is 40.5 Å². The standard InChI is InChI=1S/C12H11Cl3N4/c1-6(8-3-2-7(13)4-9(8)14)19-12-10(16)11(15)17-5-18-12/h2-6H,16H2,1H3,(H,17,18,19). The first-order valence-electron chi connectivity index (χ1n) is 5.46. The van der Waals surface area contributed by atoms with Gasteiger partial charge in [0.2, 0.25) is 0 Å². The second-order valence-corrected chi connectivity index (χ2v) is 5.16. The van der Waals surface area contributed by atoms with Gasteiger partial charge in [-0.25, -0.2) is 9.97 Å². The minimum Gasteiger partial charge on any atom is -0.393 e. The van der Waals surface area contributed by atoms with Crippen molar-refractivity contribution in [3.8, 4) is 0 Å². The van der Waals surface area contributed by atoms with Gasteiger partial charge in [-0.2, -0.15) is 0 Å². The fourth-order valence-corrected chi connectivity index (χ4v) is 2.33. The van der Waals surface area contributed by atoms with E-state index in [1.165, 1.54) is 6.33 Å². The van der Waals surface area contributed by atoms with Crippen molar-refractivity contribution in [1.82, 2.24) is 9.97 Å². The van der Waals surface area contributed by atoms with E-state index in [0.717, 1.165) is 5.56 Å². The molecule has 1 aromatic carbocycles. The van der Waals surface area contributed by atoms with Gasteiger partial charge in [-0.3, -0.25) is 0 Å². The highest BCUT2D eigenvalue weighted by Crippen LogP contribution is 2.30. The van der Waals surface area contributed by atoms with E-state index in [1.807, 2.05) is 13.0 Å². The van der Waals surface area contributed by atoms with Gasteiger partial charge in [-0.15, -0.1) is 0 Å². The Morgan fingerprint density at radius 3 is 2.63 bits per heavy atom. The first-order chi connectivity index (χ1) is 8.99. The Bertz CT molecular complexity index is 604. The molecule has 100 valence electrons. The number of hydrogen-bond donors (Lipinski definition) is 2. The van der Waals surface area contributed by atoms with Crippen molar-refractivity contribution in [2.24, 2.45) is 0 Å². The maximum atomic E-state index is 6.15. The van der Waals surface area contributed by atoms with Crippen LogP contribution in [0.5, 0.6) is 0 Å². The smallest absolute Gasteiger partial charge is 0.157 e. The Labute approximate surface area is 125 Å². The van der Waals surface area contributed by atoms with Crippen molar-refractivity contribution in [3.05, 3.63) is 45.3 Å². The van der Waals surface area contributed by atoms with E-state index in [1.54, 1.807) is 12.1 Å². The number of anilines is 2. The van der Waals surface area contributed by atoms with Crippen LogP contribution in [0.4, 0.5) is 11.5 Å².